The average molecular weight is 302 g/mol. The zero-order valence-corrected chi connectivity index (χ0v) is 12.5. The van der Waals surface area contributed by atoms with E-state index < -0.39 is 11.4 Å². The van der Waals surface area contributed by atoms with E-state index in [1.165, 1.54) is 0 Å². The van der Waals surface area contributed by atoms with Crippen molar-refractivity contribution in [1.82, 2.24) is 15.1 Å². The van der Waals surface area contributed by atoms with Crippen LogP contribution in [0.4, 0.5) is 0 Å². The van der Waals surface area contributed by atoms with Crippen LogP contribution >= 0.6 is 12.4 Å². The van der Waals surface area contributed by atoms with Crippen molar-refractivity contribution in [3.05, 3.63) is 0 Å². The number of rotatable bonds is 3. The SMILES string of the molecule is CC(C)(CN1CC2CNCCN2/C1=N\C#N)C(=O)O.Cl. The predicted octanol–water partition coefficient (Wildman–Crippen LogP) is -0.0545. The number of hydrogen-bond donors (Lipinski definition) is 2. The maximum atomic E-state index is 11.2. The lowest BCUT2D eigenvalue weighted by Gasteiger charge is -2.31. The molecule has 0 bridgehead atoms. The maximum Gasteiger partial charge on any atom is 0.310 e. The molecule has 0 amide bonds. The topological polar surface area (TPSA) is 92.0 Å². The zero-order valence-electron chi connectivity index (χ0n) is 11.7. The first-order chi connectivity index (χ1) is 8.95. The minimum Gasteiger partial charge on any atom is -0.481 e. The number of carbonyl (C=O) groups is 1. The van der Waals surface area contributed by atoms with Gasteiger partial charge in [-0.1, -0.05) is 0 Å². The molecule has 112 valence electrons. The Labute approximate surface area is 124 Å². The van der Waals surface area contributed by atoms with Gasteiger partial charge in [0.2, 0.25) is 12.2 Å². The van der Waals surface area contributed by atoms with Gasteiger partial charge in [0, 0.05) is 32.7 Å². The van der Waals surface area contributed by atoms with Crippen molar-refractivity contribution in [1.29, 1.82) is 5.26 Å². The molecule has 2 aliphatic heterocycles. The number of guanidine groups is 1. The second-order valence-electron chi connectivity index (χ2n) is 5.63. The third-order valence-electron chi connectivity index (χ3n) is 3.64. The Kier molecular flexibility index (Phi) is 5.20. The molecule has 7 nitrogen and oxygen atoms in total. The van der Waals surface area contributed by atoms with E-state index in [1.807, 2.05) is 11.1 Å². The molecule has 20 heavy (non-hydrogen) atoms. The van der Waals surface area contributed by atoms with Crippen LogP contribution in [0.25, 0.3) is 0 Å². The van der Waals surface area contributed by atoms with Gasteiger partial charge < -0.3 is 20.2 Å². The normalized spacial score (nSPS) is 24.1. The van der Waals surface area contributed by atoms with E-state index in [1.54, 1.807) is 13.8 Å². The molecule has 2 aliphatic rings. The summed E-state index contributed by atoms with van der Waals surface area (Å²) in [6.07, 6.45) is 1.82. The highest BCUT2D eigenvalue weighted by atomic mass is 35.5. The molecule has 2 N–H and O–H groups in total. The van der Waals surface area contributed by atoms with E-state index in [0.717, 1.165) is 19.6 Å². The van der Waals surface area contributed by atoms with E-state index in [4.69, 9.17) is 5.26 Å². The molecule has 0 radical (unpaired) electrons. The number of aliphatic carboxylic acids is 1. The molecule has 1 unspecified atom stereocenters. The van der Waals surface area contributed by atoms with Gasteiger partial charge in [-0.3, -0.25) is 4.79 Å². The fraction of sp³-hybridized carbons (Fsp3) is 0.750. The first-order valence-electron chi connectivity index (χ1n) is 6.38. The van der Waals surface area contributed by atoms with Crippen molar-refractivity contribution in [2.45, 2.75) is 19.9 Å². The Morgan fingerprint density at radius 3 is 2.95 bits per heavy atom. The third kappa shape index (κ3) is 3.14. The van der Waals surface area contributed by atoms with E-state index in [2.05, 4.69) is 15.2 Å². The van der Waals surface area contributed by atoms with Gasteiger partial charge in [0.15, 0.2) is 0 Å². The lowest BCUT2D eigenvalue weighted by molar-refractivity contribution is -0.147. The van der Waals surface area contributed by atoms with Crippen LogP contribution < -0.4 is 5.32 Å². The van der Waals surface area contributed by atoms with Gasteiger partial charge in [0.05, 0.1) is 11.5 Å². The van der Waals surface area contributed by atoms with E-state index in [9.17, 15) is 9.90 Å². The number of piperazine rings is 1. The Morgan fingerprint density at radius 1 is 1.65 bits per heavy atom. The predicted molar refractivity (Wildman–Crippen MR) is 76.6 cm³/mol. The number of nitrogens with one attached hydrogen (secondary N) is 1. The van der Waals surface area contributed by atoms with Gasteiger partial charge in [-0.25, -0.2) is 0 Å². The summed E-state index contributed by atoms with van der Waals surface area (Å²) in [5, 5.41) is 21.3. The molecule has 0 aliphatic carbocycles. The van der Waals surface area contributed by atoms with Crippen LogP contribution in [0.1, 0.15) is 13.8 Å². The molecule has 2 fully saturated rings. The monoisotopic (exact) mass is 301 g/mol. The molecule has 2 heterocycles. The van der Waals surface area contributed by atoms with Crippen LogP contribution in [0.2, 0.25) is 0 Å². The fourth-order valence-electron chi connectivity index (χ4n) is 2.56. The van der Waals surface area contributed by atoms with Crippen LogP contribution in [0.5, 0.6) is 0 Å². The molecule has 0 aromatic carbocycles. The summed E-state index contributed by atoms with van der Waals surface area (Å²) in [6, 6.07) is 0.269. The van der Waals surface area contributed by atoms with Crippen molar-refractivity contribution in [3.8, 4) is 6.19 Å². The fourth-order valence-corrected chi connectivity index (χ4v) is 2.56. The summed E-state index contributed by atoms with van der Waals surface area (Å²) >= 11 is 0. The lowest BCUT2D eigenvalue weighted by atomic mass is 9.93. The van der Waals surface area contributed by atoms with Crippen LogP contribution in [-0.2, 0) is 4.79 Å². The summed E-state index contributed by atoms with van der Waals surface area (Å²) in [6.45, 7) is 6.95. The van der Waals surface area contributed by atoms with E-state index in [0.29, 0.717) is 19.0 Å². The number of fused-ring (bicyclic) bond motifs is 1. The first kappa shape index (κ1) is 16.5. The van der Waals surface area contributed by atoms with Crippen molar-refractivity contribution in [3.63, 3.8) is 0 Å². The summed E-state index contributed by atoms with van der Waals surface area (Å²) in [5.74, 6) is -0.227. The Bertz CT molecular complexity index is 446. The lowest BCUT2D eigenvalue weighted by Crippen LogP contribution is -2.50. The smallest absolute Gasteiger partial charge is 0.310 e. The van der Waals surface area contributed by atoms with Crippen molar-refractivity contribution < 1.29 is 9.90 Å². The molecule has 2 saturated heterocycles. The second-order valence-corrected chi connectivity index (χ2v) is 5.63. The minimum atomic E-state index is -0.863. The number of nitrogens with zero attached hydrogens (tertiary/aromatic N) is 4. The number of nitriles is 1. The van der Waals surface area contributed by atoms with Gasteiger partial charge in [-0.2, -0.15) is 5.26 Å². The highest BCUT2D eigenvalue weighted by Crippen LogP contribution is 2.24. The zero-order chi connectivity index (χ0) is 14.0. The van der Waals surface area contributed by atoms with Gasteiger partial charge in [-0.05, 0) is 13.8 Å². The van der Waals surface area contributed by atoms with Crippen molar-refractivity contribution in [2.24, 2.45) is 10.4 Å². The Balaban J connectivity index is 0.00000200. The summed E-state index contributed by atoms with van der Waals surface area (Å²) < 4.78 is 0. The largest absolute Gasteiger partial charge is 0.481 e. The number of carboxylic acids is 1. The number of hydrogen-bond acceptors (Lipinski definition) is 4. The van der Waals surface area contributed by atoms with Crippen LogP contribution in [0, 0.1) is 16.9 Å². The van der Waals surface area contributed by atoms with Gasteiger partial charge in [-0.15, -0.1) is 17.4 Å². The van der Waals surface area contributed by atoms with E-state index in [-0.39, 0.29) is 18.4 Å². The molecule has 0 saturated carbocycles. The van der Waals surface area contributed by atoms with Gasteiger partial charge in [0.1, 0.15) is 0 Å². The number of halogens is 1. The third-order valence-corrected chi connectivity index (χ3v) is 3.64. The second kappa shape index (κ2) is 6.29. The van der Waals surface area contributed by atoms with Crippen LogP contribution in [-0.4, -0.2) is 65.6 Å². The highest BCUT2D eigenvalue weighted by molar-refractivity contribution is 5.85. The number of aliphatic imine (C=N–C) groups is 1. The Hall–Kier alpha value is -1.52. The summed E-state index contributed by atoms with van der Waals surface area (Å²) in [4.78, 5) is 19.1. The Morgan fingerprint density at radius 2 is 2.35 bits per heavy atom. The molecular weight excluding hydrogens is 282 g/mol. The molecular formula is C12H20ClN5O2. The highest BCUT2D eigenvalue weighted by Gasteiger charge is 2.40. The average Bonchev–Trinajstić information content (AvgIpc) is 2.67. The minimum absolute atomic E-state index is 0. The molecule has 8 heteroatoms. The molecule has 2 rings (SSSR count). The van der Waals surface area contributed by atoms with Crippen LogP contribution in [0.3, 0.4) is 0 Å². The quantitative estimate of drug-likeness (QED) is 0.710. The number of carboxylic acid groups (broad SMARTS) is 1. The van der Waals surface area contributed by atoms with Gasteiger partial charge in [0.25, 0.3) is 0 Å². The van der Waals surface area contributed by atoms with Crippen LogP contribution in [0.15, 0.2) is 4.99 Å². The standard InChI is InChI=1S/C12H19N5O2.ClH/c1-12(2,10(18)19)7-16-6-9-5-14-3-4-17(9)11(16)15-8-13;/h9,14H,3-7H2,1-2H3,(H,18,19);1H/b15-11-;. The molecule has 0 aromatic rings. The molecule has 0 aromatic heterocycles. The van der Waals surface area contributed by atoms with Gasteiger partial charge >= 0.3 is 5.97 Å². The molecule has 0 spiro atoms. The first-order valence-corrected chi connectivity index (χ1v) is 6.38. The maximum absolute atomic E-state index is 11.2. The van der Waals surface area contributed by atoms with Crippen molar-refractivity contribution in [2.75, 3.05) is 32.7 Å². The summed E-state index contributed by atoms with van der Waals surface area (Å²) in [7, 11) is 0. The van der Waals surface area contributed by atoms with Crippen molar-refractivity contribution >= 4 is 24.3 Å². The molecule has 1 atom stereocenters. The summed E-state index contributed by atoms with van der Waals surface area (Å²) in [5.41, 5.74) is -0.863. The van der Waals surface area contributed by atoms with E-state index >= 15 is 0 Å².